The molecule has 146 valence electrons. The van der Waals surface area contributed by atoms with Crippen molar-refractivity contribution in [1.29, 1.82) is 0 Å². The number of piperidine rings is 1. The van der Waals surface area contributed by atoms with Crippen LogP contribution in [-0.2, 0) is 19.7 Å². The Bertz CT molecular complexity index is 841. The van der Waals surface area contributed by atoms with Gasteiger partial charge in [-0.25, -0.2) is 16.8 Å². The van der Waals surface area contributed by atoms with E-state index < -0.39 is 25.6 Å². The SMILES string of the molecule is CC(C)N1CCC[C@@H](NC(=O)c2cc(S(C)(=O)=O)cc(S(C)(=O)=O)c2)C1. The van der Waals surface area contributed by atoms with Crippen LogP contribution >= 0.6 is 0 Å². The van der Waals surface area contributed by atoms with E-state index in [0.717, 1.165) is 38.0 Å². The Kier molecular flexibility index (Phi) is 6.14. The fourth-order valence-electron chi connectivity index (χ4n) is 2.99. The van der Waals surface area contributed by atoms with Crippen LogP contribution in [0.4, 0.5) is 0 Å². The fraction of sp³-hybridized carbons (Fsp3) is 0.588. The number of sulfone groups is 2. The zero-order chi connectivity index (χ0) is 19.7. The second-order valence-corrected chi connectivity index (χ2v) is 11.2. The van der Waals surface area contributed by atoms with E-state index in [1.54, 1.807) is 0 Å². The Balaban J connectivity index is 2.31. The highest BCUT2D eigenvalue weighted by Gasteiger charge is 2.24. The van der Waals surface area contributed by atoms with Gasteiger partial charge in [-0.2, -0.15) is 0 Å². The normalized spacial score (nSPS) is 19.5. The zero-order valence-electron chi connectivity index (χ0n) is 15.5. The first-order valence-electron chi connectivity index (χ1n) is 8.48. The zero-order valence-corrected chi connectivity index (χ0v) is 17.2. The molecule has 9 heteroatoms. The summed E-state index contributed by atoms with van der Waals surface area (Å²) in [7, 11) is -7.29. The second-order valence-electron chi connectivity index (χ2n) is 7.14. The first kappa shape index (κ1) is 20.9. The largest absolute Gasteiger partial charge is 0.348 e. The van der Waals surface area contributed by atoms with Crippen molar-refractivity contribution in [3.05, 3.63) is 23.8 Å². The topological polar surface area (TPSA) is 101 Å². The van der Waals surface area contributed by atoms with Gasteiger partial charge in [-0.3, -0.25) is 9.69 Å². The molecule has 0 aliphatic carbocycles. The highest BCUT2D eigenvalue weighted by atomic mass is 32.2. The van der Waals surface area contributed by atoms with Gasteiger partial charge in [-0.15, -0.1) is 0 Å². The Morgan fingerprint density at radius 2 is 1.62 bits per heavy atom. The third-order valence-corrected chi connectivity index (χ3v) is 6.70. The van der Waals surface area contributed by atoms with Gasteiger partial charge >= 0.3 is 0 Å². The minimum absolute atomic E-state index is 0.0371. The van der Waals surface area contributed by atoms with E-state index in [1.165, 1.54) is 12.1 Å². The maximum atomic E-state index is 12.6. The Labute approximate surface area is 155 Å². The summed E-state index contributed by atoms with van der Waals surface area (Å²) in [6, 6.07) is 3.86. The highest BCUT2D eigenvalue weighted by Crippen LogP contribution is 2.20. The molecule has 0 spiro atoms. The molecule has 0 saturated carbocycles. The van der Waals surface area contributed by atoms with Crippen molar-refractivity contribution in [1.82, 2.24) is 10.2 Å². The van der Waals surface area contributed by atoms with Crippen molar-refractivity contribution in [2.75, 3.05) is 25.6 Å². The van der Waals surface area contributed by atoms with Gasteiger partial charge in [0.15, 0.2) is 19.7 Å². The fourth-order valence-corrected chi connectivity index (χ4v) is 4.43. The van der Waals surface area contributed by atoms with Crippen LogP contribution in [0.1, 0.15) is 37.0 Å². The average Bonchev–Trinajstić information content (AvgIpc) is 2.53. The van der Waals surface area contributed by atoms with Gasteiger partial charge in [0, 0.05) is 36.7 Å². The summed E-state index contributed by atoms with van der Waals surface area (Å²) in [5, 5.41) is 2.91. The predicted molar refractivity (Wildman–Crippen MR) is 99.9 cm³/mol. The minimum Gasteiger partial charge on any atom is -0.348 e. The molecule has 0 unspecified atom stereocenters. The molecule has 1 fully saturated rings. The van der Waals surface area contributed by atoms with Crippen LogP contribution in [-0.4, -0.2) is 65.3 Å². The van der Waals surface area contributed by atoms with E-state index in [-0.39, 0.29) is 21.4 Å². The quantitative estimate of drug-likeness (QED) is 0.791. The van der Waals surface area contributed by atoms with E-state index >= 15 is 0 Å². The summed E-state index contributed by atoms with van der Waals surface area (Å²) < 4.78 is 47.4. The third kappa shape index (κ3) is 5.28. The Morgan fingerprint density at radius 3 is 2.08 bits per heavy atom. The van der Waals surface area contributed by atoms with Crippen LogP contribution in [0.2, 0.25) is 0 Å². The third-order valence-electron chi connectivity index (χ3n) is 4.52. The monoisotopic (exact) mass is 402 g/mol. The van der Waals surface area contributed by atoms with Crippen LogP contribution in [0, 0.1) is 0 Å². The molecule has 1 atom stereocenters. The maximum Gasteiger partial charge on any atom is 0.251 e. The molecule has 0 aromatic heterocycles. The van der Waals surface area contributed by atoms with Crippen molar-refractivity contribution >= 4 is 25.6 Å². The second kappa shape index (κ2) is 7.66. The molecule has 1 N–H and O–H groups in total. The van der Waals surface area contributed by atoms with E-state index in [0.29, 0.717) is 12.6 Å². The molecule has 1 saturated heterocycles. The van der Waals surface area contributed by atoms with Crippen LogP contribution in [0.25, 0.3) is 0 Å². The first-order valence-corrected chi connectivity index (χ1v) is 12.3. The van der Waals surface area contributed by atoms with Crippen molar-refractivity contribution in [2.45, 2.75) is 48.6 Å². The molecule has 1 aromatic carbocycles. The lowest BCUT2D eigenvalue weighted by Gasteiger charge is -2.35. The summed E-state index contributed by atoms with van der Waals surface area (Å²) >= 11 is 0. The summed E-state index contributed by atoms with van der Waals surface area (Å²) in [4.78, 5) is 14.5. The first-order chi connectivity index (χ1) is 11.9. The summed E-state index contributed by atoms with van der Waals surface area (Å²) in [6.45, 7) is 5.89. The molecule has 7 nitrogen and oxygen atoms in total. The van der Waals surface area contributed by atoms with Crippen molar-refractivity contribution in [3.8, 4) is 0 Å². The lowest BCUT2D eigenvalue weighted by molar-refractivity contribution is 0.0886. The van der Waals surface area contributed by atoms with Crippen molar-refractivity contribution in [2.24, 2.45) is 0 Å². The Hall–Kier alpha value is -1.45. The molecule has 0 radical (unpaired) electrons. The van der Waals surface area contributed by atoms with Crippen molar-refractivity contribution < 1.29 is 21.6 Å². The van der Waals surface area contributed by atoms with Gasteiger partial charge in [-0.05, 0) is 51.4 Å². The molecule has 1 aromatic rings. The van der Waals surface area contributed by atoms with Crippen molar-refractivity contribution in [3.63, 3.8) is 0 Å². The number of nitrogens with zero attached hydrogens (tertiary/aromatic N) is 1. The smallest absolute Gasteiger partial charge is 0.251 e. The molecule has 0 bridgehead atoms. The van der Waals surface area contributed by atoms with E-state index in [4.69, 9.17) is 0 Å². The standard InChI is InChI=1S/C17H26N2O5S2/c1-12(2)19-7-5-6-14(11-19)18-17(20)13-8-15(25(3,21)22)10-16(9-13)26(4,23)24/h8-10,12,14H,5-7,11H2,1-4H3,(H,18,20)/t14-/m1/s1. The number of nitrogens with one attached hydrogen (secondary N) is 1. The van der Waals surface area contributed by atoms with Crippen LogP contribution in [0.5, 0.6) is 0 Å². The summed E-state index contributed by atoms with van der Waals surface area (Å²) in [6.07, 6.45) is 3.76. The number of hydrogen-bond donors (Lipinski definition) is 1. The molecule has 2 rings (SSSR count). The summed E-state index contributed by atoms with van der Waals surface area (Å²) in [5.41, 5.74) is 0.0371. The van der Waals surface area contributed by atoms with Crippen LogP contribution < -0.4 is 5.32 Å². The van der Waals surface area contributed by atoms with Crippen LogP contribution in [0.15, 0.2) is 28.0 Å². The number of amides is 1. The molecule has 26 heavy (non-hydrogen) atoms. The number of benzene rings is 1. The lowest BCUT2D eigenvalue weighted by Crippen LogP contribution is -2.49. The number of hydrogen-bond acceptors (Lipinski definition) is 6. The minimum atomic E-state index is -3.65. The molecule has 1 amide bonds. The predicted octanol–water partition coefficient (Wildman–Crippen LogP) is 1.10. The van der Waals surface area contributed by atoms with Gasteiger partial charge in [-0.1, -0.05) is 0 Å². The molecular formula is C17H26N2O5S2. The highest BCUT2D eigenvalue weighted by molar-refractivity contribution is 7.91. The number of carbonyl (C=O) groups excluding carboxylic acids is 1. The van der Waals surface area contributed by atoms with E-state index in [1.807, 2.05) is 0 Å². The van der Waals surface area contributed by atoms with Gasteiger partial charge < -0.3 is 5.32 Å². The van der Waals surface area contributed by atoms with E-state index in [2.05, 4.69) is 24.1 Å². The Morgan fingerprint density at radius 1 is 1.08 bits per heavy atom. The van der Waals surface area contributed by atoms with Gasteiger partial charge in [0.05, 0.1) is 9.79 Å². The summed E-state index contributed by atoms with van der Waals surface area (Å²) in [5.74, 6) is -0.462. The number of rotatable bonds is 5. The molecule has 1 heterocycles. The average molecular weight is 403 g/mol. The van der Waals surface area contributed by atoms with Gasteiger partial charge in [0.2, 0.25) is 0 Å². The molecule has 1 aliphatic heterocycles. The lowest BCUT2D eigenvalue weighted by atomic mass is 10.0. The molecular weight excluding hydrogens is 376 g/mol. The molecule has 1 aliphatic rings. The van der Waals surface area contributed by atoms with E-state index in [9.17, 15) is 21.6 Å². The van der Waals surface area contributed by atoms with Gasteiger partial charge in [0.1, 0.15) is 0 Å². The maximum absolute atomic E-state index is 12.6. The number of likely N-dealkylation sites (tertiary alicyclic amines) is 1. The number of carbonyl (C=O) groups is 1. The van der Waals surface area contributed by atoms with Crippen LogP contribution in [0.3, 0.4) is 0 Å². The van der Waals surface area contributed by atoms with Gasteiger partial charge in [0.25, 0.3) is 5.91 Å².